The average Bonchev–Trinajstić information content (AvgIpc) is 2.24. The van der Waals surface area contributed by atoms with Crippen molar-refractivity contribution in [2.45, 2.75) is 25.7 Å². The monoisotopic (exact) mass is 196 g/mol. The Morgan fingerprint density at radius 1 is 1.14 bits per heavy atom. The summed E-state index contributed by atoms with van der Waals surface area (Å²) in [7, 11) is 0. The van der Waals surface area contributed by atoms with E-state index in [1.807, 2.05) is 0 Å². The average molecular weight is 196 g/mol. The second-order valence-electron chi connectivity index (χ2n) is 4.72. The number of nitrogens with one attached hydrogen (secondary N) is 1. The zero-order chi connectivity index (χ0) is 9.86. The van der Waals surface area contributed by atoms with E-state index >= 15 is 0 Å². The van der Waals surface area contributed by atoms with Gasteiger partial charge in [-0.05, 0) is 57.3 Å². The molecule has 0 radical (unpaired) electrons. The summed E-state index contributed by atoms with van der Waals surface area (Å²) in [6.07, 6.45) is 6.29. The van der Waals surface area contributed by atoms with Crippen LogP contribution in [0.15, 0.2) is 0 Å². The fraction of sp³-hybridized carbons (Fsp3) is 0.909. The van der Waals surface area contributed by atoms with E-state index in [2.05, 4.69) is 10.2 Å². The zero-order valence-corrected chi connectivity index (χ0v) is 8.80. The van der Waals surface area contributed by atoms with Gasteiger partial charge in [0.05, 0.1) is 6.54 Å². The highest BCUT2D eigenvalue weighted by Crippen LogP contribution is 2.39. The van der Waals surface area contributed by atoms with Gasteiger partial charge in [-0.2, -0.15) is 0 Å². The Morgan fingerprint density at radius 2 is 1.79 bits per heavy atom. The molecule has 1 N–H and O–H groups in total. The number of hydrogen-bond donors (Lipinski definition) is 1. The molecule has 0 saturated carbocycles. The van der Waals surface area contributed by atoms with Crippen molar-refractivity contribution >= 4 is 6.29 Å². The molecule has 14 heavy (non-hydrogen) atoms. The van der Waals surface area contributed by atoms with Crippen molar-refractivity contribution in [3.05, 3.63) is 0 Å². The highest BCUT2D eigenvalue weighted by Gasteiger charge is 2.35. The third-order valence-corrected chi connectivity index (χ3v) is 3.91. The maximum atomic E-state index is 10.4. The van der Waals surface area contributed by atoms with Crippen LogP contribution >= 0.6 is 0 Å². The van der Waals surface area contributed by atoms with Gasteiger partial charge in [-0.3, -0.25) is 4.90 Å². The minimum absolute atomic E-state index is 0.616. The smallest absolute Gasteiger partial charge is 0.133 e. The van der Waals surface area contributed by atoms with Crippen LogP contribution in [0.1, 0.15) is 25.7 Å². The normalized spacial score (nSPS) is 27.7. The van der Waals surface area contributed by atoms with E-state index in [0.717, 1.165) is 19.4 Å². The molecule has 0 aromatic rings. The van der Waals surface area contributed by atoms with Crippen molar-refractivity contribution in [3.63, 3.8) is 0 Å². The molecular weight excluding hydrogens is 176 g/mol. The molecule has 0 amide bonds. The molecule has 0 atom stereocenters. The summed E-state index contributed by atoms with van der Waals surface area (Å²) in [6.45, 7) is 5.26. The highest BCUT2D eigenvalue weighted by atomic mass is 16.1. The third-order valence-electron chi connectivity index (χ3n) is 3.91. The van der Waals surface area contributed by atoms with E-state index in [0.29, 0.717) is 12.0 Å². The molecule has 2 aliphatic rings. The molecule has 1 spiro atoms. The molecule has 80 valence electrons. The lowest BCUT2D eigenvalue weighted by Crippen LogP contribution is -2.45. The Kier molecular flexibility index (Phi) is 3.19. The minimum atomic E-state index is 0.616. The van der Waals surface area contributed by atoms with Crippen LogP contribution in [-0.2, 0) is 4.79 Å². The molecule has 0 unspecified atom stereocenters. The van der Waals surface area contributed by atoms with Gasteiger partial charge in [-0.15, -0.1) is 0 Å². The minimum Gasteiger partial charge on any atom is -0.317 e. The molecule has 2 heterocycles. The van der Waals surface area contributed by atoms with Crippen LogP contribution in [0.4, 0.5) is 0 Å². The first kappa shape index (κ1) is 10.1. The zero-order valence-electron chi connectivity index (χ0n) is 8.80. The molecule has 2 saturated heterocycles. The maximum Gasteiger partial charge on any atom is 0.133 e. The molecule has 2 aliphatic heterocycles. The predicted molar refractivity (Wildman–Crippen MR) is 56.3 cm³/mol. The van der Waals surface area contributed by atoms with Crippen molar-refractivity contribution in [2.75, 3.05) is 32.7 Å². The van der Waals surface area contributed by atoms with Crippen molar-refractivity contribution < 1.29 is 4.79 Å². The summed E-state index contributed by atoms with van der Waals surface area (Å²) >= 11 is 0. The van der Waals surface area contributed by atoms with Gasteiger partial charge in [0.2, 0.25) is 0 Å². The van der Waals surface area contributed by atoms with E-state index in [1.54, 1.807) is 0 Å². The highest BCUT2D eigenvalue weighted by molar-refractivity contribution is 5.51. The Labute approximate surface area is 85.8 Å². The summed E-state index contributed by atoms with van der Waals surface area (Å²) in [5.41, 5.74) is 0.616. The van der Waals surface area contributed by atoms with Crippen molar-refractivity contribution in [1.29, 1.82) is 0 Å². The van der Waals surface area contributed by atoms with Crippen LogP contribution < -0.4 is 5.32 Å². The first-order chi connectivity index (χ1) is 6.85. The summed E-state index contributed by atoms with van der Waals surface area (Å²) in [5, 5.41) is 3.42. The molecule has 3 nitrogen and oxygen atoms in total. The third kappa shape index (κ3) is 2.15. The van der Waals surface area contributed by atoms with Crippen LogP contribution in [0.5, 0.6) is 0 Å². The Morgan fingerprint density at radius 3 is 2.36 bits per heavy atom. The quantitative estimate of drug-likeness (QED) is 0.658. The van der Waals surface area contributed by atoms with Gasteiger partial charge in [-0.1, -0.05) is 0 Å². The van der Waals surface area contributed by atoms with Gasteiger partial charge in [0.25, 0.3) is 0 Å². The van der Waals surface area contributed by atoms with Crippen LogP contribution in [0.3, 0.4) is 0 Å². The lowest BCUT2D eigenvalue weighted by molar-refractivity contribution is -0.109. The molecule has 0 bridgehead atoms. The Bertz CT molecular complexity index is 189. The van der Waals surface area contributed by atoms with Crippen LogP contribution in [-0.4, -0.2) is 43.9 Å². The molecule has 2 fully saturated rings. The number of nitrogens with zero attached hydrogens (tertiary/aromatic N) is 1. The summed E-state index contributed by atoms with van der Waals surface area (Å²) in [6, 6.07) is 0. The number of rotatable bonds is 2. The van der Waals surface area contributed by atoms with Crippen molar-refractivity contribution in [3.8, 4) is 0 Å². The number of carbonyl (C=O) groups is 1. The van der Waals surface area contributed by atoms with Crippen LogP contribution in [0.2, 0.25) is 0 Å². The number of hydrogen-bond acceptors (Lipinski definition) is 3. The summed E-state index contributed by atoms with van der Waals surface area (Å²) < 4.78 is 0. The Balaban J connectivity index is 1.84. The Hall–Kier alpha value is -0.410. The van der Waals surface area contributed by atoms with Gasteiger partial charge >= 0.3 is 0 Å². The SMILES string of the molecule is O=CCN1CCC2(CCNCC2)CC1. The van der Waals surface area contributed by atoms with Crippen LogP contribution in [0, 0.1) is 5.41 Å². The lowest BCUT2D eigenvalue weighted by atomic mass is 9.71. The first-order valence-electron chi connectivity index (χ1n) is 5.71. The van der Waals surface area contributed by atoms with E-state index in [4.69, 9.17) is 0 Å². The van der Waals surface area contributed by atoms with Gasteiger partial charge < -0.3 is 10.1 Å². The van der Waals surface area contributed by atoms with E-state index in [1.165, 1.54) is 38.8 Å². The molecule has 2 rings (SSSR count). The van der Waals surface area contributed by atoms with Crippen molar-refractivity contribution in [2.24, 2.45) is 5.41 Å². The number of aldehydes is 1. The number of likely N-dealkylation sites (tertiary alicyclic amines) is 1. The molecule has 0 aliphatic carbocycles. The van der Waals surface area contributed by atoms with E-state index < -0.39 is 0 Å². The molecule has 0 aromatic heterocycles. The number of carbonyl (C=O) groups excluding carboxylic acids is 1. The number of piperidine rings is 2. The van der Waals surface area contributed by atoms with E-state index in [-0.39, 0.29) is 0 Å². The molecule has 3 heteroatoms. The fourth-order valence-corrected chi connectivity index (χ4v) is 2.77. The fourth-order valence-electron chi connectivity index (χ4n) is 2.77. The largest absolute Gasteiger partial charge is 0.317 e. The van der Waals surface area contributed by atoms with E-state index in [9.17, 15) is 4.79 Å². The van der Waals surface area contributed by atoms with Gasteiger partial charge in [-0.25, -0.2) is 0 Å². The molecule has 0 aromatic carbocycles. The summed E-state index contributed by atoms with van der Waals surface area (Å²) in [4.78, 5) is 12.7. The van der Waals surface area contributed by atoms with Gasteiger partial charge in [0, 0.05) is 0 Å². The standard InChI is InChI=1S/C11H20N2O/c14-10-9-13-7-3-11(4-8-13)1-5-12-6-2-11/h10,12H,1-9H2. The summed E-state index contributed by atoms with van der Waals surface area (Å²) in [5.74, 6) is 0. The lowest BCUT2D eigenvalue weighted by Gasteiger charge is -2.44. The molecular formula is C11H20N2O. The second kappa shape index (κ2) is 4.41. The van der Waals surface area contributed by atoms with Gasteiger partial charge in [0.15, 0.2) is 0 Å². The predicted octanol–water partition coefficient (Wildman–Crippen LogP) is 0.651. The first-order valence-corrected chi connectivity index (χ1v) is 5.71. The van der Waals surface area contributed by atoms with Crippen LogP contribution in [0.25, 0.3) is 0 Å². The maximum absolute atomic E-state index is 10.4. The second-order valence-corrected chi connectivity index (χ2v) is 4.72. The topological polar surface area (TPSA) is 32.3 Å². The van der Waals surface area contributed by atoms with Crippen molar-refractivity contribution in [1.82, 2.24) is 10.2 Å². The van der Waals surface area contributed by atoms with Gasteiger partial charge in [0.1, 0.15) is 6.29 Å².